The maximum Gasteiger partial charge on any atom is 0.326 e. The molecule has 0 heterocycles. The second-order valence-electron chi connectivity index (χ2n) is 12.0. The summed E-state index contributed by atoms with van der Waals surface area (Å²) in [6.07, 6.45) is 15.6. The number of carboxylic acids is 1. The molecule has 0 aliphatic heterocycles. The molecule has 0 radical (unpaired) electrons. The summed E-state index contributed by atoms with van der Waals surface area (Å²) < 4.78 is 0. The number of rotatable bonds is 6. The standard InChI is InChI=1S/C28H40N2O5/c1-6-28(34)14-11-22-20-8-7-18-15-19(9-12-26(18,4)21(20)10-13-27(22,28)5)30-35-16-23(31)29-24(17(2)3)25(32)33/h1,15,17,20-22,24,34H,7-14,16H2,2-5H3,(H,29,31)(H,32,33). The number of carbonyl (C=O) groups excluding carboxylic acids is 1. The van der Waals surface area contributed by atoms with Crippen molar-refractivity contribution in [2.24, 2.45) is 39.7 Å². The number of carboxylic acid groups (broad SMARTS) is 1. The molecule has 7 atom stereocenters. The van der Waals surface area contributed by atoms with Crippen molar-refractivity contribution in [3.05, 3.63) is 11.6 Å². The molecule has 4 aliphatic rings. The lowest BCUT2D eigenvalue weighted by molar-refractivity contribution is -0.143. The van der Waals surface area contributed by atoms with Crippen LogP contribution >= 0.6 is 0 Å². The van der Waals surface area contributed by atoms with E-state index in [0.717, 1.165) is 50.7 Å². The van der Waals surface area contributed by atoms with Crippen molar-refractivity contribution in [3.8, 4) is 12.3 Å². The molecule has 3 saturated carbocycles. The number of nitrogens with zero attached hydrogens (tertiary/aromatic N) is 1. The topological polar surface area (TPSA) is 108 Å². The highest BCUT2D eigenvalue weighted by Crippen LogP contribution is 2.67. The van der Waals surface area contributed by atoms with Crippen LogP contribution in [0.2, 0.25) is 0 Å². The second kappa shape index (κ2) is 9.28. The predicted octanol–water partition coefficient (Wildman–Crippen LogP) is 3.91. The first-order valence-corrected chi connectivity index (χ1v) is 13.1. The van der Waals surface area contributed by atoms with Gasteiger partial charge in [0, 0.05) is 5.41 Å². The number of carbonyl (C=O) groups is 2. The van der Waals surface area contributed by atoms with Crippen molar-refractivity contribution in [1.29, 1.82) is 0 Å². The number of terminal acetylenes is 1. The van der Waals surface area contributed by atoms with E-state index in [0.29, 0.717) is 24.2 Å². The summed E-state index contributed by atoms with van der Waals surface area (Å²) in [5.74, 6) is 2.62. The van der Waals surface area contributed by atoms with Crippen LogP contribution in [0.5, 0.6) is 0 Å². The molecule has 0 aromatic carbocycles. The lowest BCUT2D eigenvalue weighted by Crippen LogP contribution is -2.54. The highest BCUT2D eigenvalue weighted by Gasteiger charge is 2.63. The Hall–Kier alpha value is -2.33. The molecule has 0 aromatic rings. The largest absolute Gasteiger partial charge is 0.480 e. The van der Waals surface area contributed by atoms with E-state index in [2.05, 4.69) is 36.3 Å². The van der Waals surface area contributed by atoms with E-state index < -0.39 is 23.5 Å². The van der Waals surface area contributed by atoms with Crippen LogP contribution < -0.4 is 5.32 Å². The molecule has 4 rings (SSSR count). The zero-order valence-corrected chi connectivity index (χ0v) is 21.5. The van der Waals surface area contributed by atoms with Gasteiger partial charge in [-0.15, -0.1) is 6.42 Å². The van der Waals surface area contributed by atoms with Crippen molar-refractivity contribution >= 4 is 17.6 Å². The monoisotopic (exact) mass is 484 g/mol. The van der Waals surface area contributed by atoms with Gasteiger partial charge in [0.25, 0.3) is 5.91 Å². The Bertz CT molecular complexity index is 980. The molecule has 0 saturated heterocycles. The third kappa shape index (κ3) is 4.28. The summed E-state index contributed by atoms with van der Waals surface area (Å²) in [7, 11) is 0. The summed E-state index contributed by atoms with van der Waals surface area (Å²) in [5, 5.41) is 27.1. The predicted molar refractivity (Wildman–Crippen MR) is 133 cm³/mol. The maximum atomic E-state index is 12.1. The third-order valence-electron chi connectivity index (χ3n) is 9.99. The van der Waals surface area contributed by atoms with E-state index in [9.17, 15) is 19.8 Å². The lowest BCUT2D eigenvalue weighted by atomic mass is 9.46. The SMILES string of the molecule is C#CC1(O)CCC2C3CCC4=CC(=NOCC(=O)NC(C(=O)O)C(C)C)CCC4(C)C3CCC21C. The molecule has 7 unspecified atom stereocenters. The highest BCUT2D eigenvalue weighted by molar-refractivity contribution is 5.96. The number of aliphatic hydroxyl groups is 1. The number of hydrogen-bond acceptors (Lipinski definition) is 5. The molecule has 192 valence electrons. The molecule has 3 fully saturated rings. The minimum absolute atomic E-state index is 0.115. The fourth-order valence-electron chi connectivity index (χ4n) is 7.80. The Morgan fingerprint density at radius 1 is 1.20 bits per heavy atom. The average molecular weight is 485 g/mol. The molecule has 3 N–H and O–H groups in total. The summed E-state index contributed by atoms with van der Waals surface area (Å²) >= 11 is 0. The Labute approximate surface area is 208 Å². The van der Waals surface area contributed by atoms with Crippen LogP contribution in [-0.2, 0) is 14.4 Å². The number of nitrogens with one attached hydrogen (secondary N) is 1. The van der Waals surface area contributed by atoms with Crippen molar-refractivity contribution in [1.82, 2.24) is 5.32 Å². The Morgan fingerprint density at radius 3 is 2.57 bits per heavy atom. The van der Waals surface area contributed by atoms with E-state index in [1.54, 1.807) is 13.8 Å². The van der Waals surface area contributed by atoms with Crippen LogP contribution in [-0.4, -0.2) is 46.1 Å². The second-order valence-corrected chi connectivity index (χ2v) is 12.0. The molecule has 0 bridgehead atoms. The van der Waals surface area contributed by atoms with Crippen LogP contribution in [0.1, 0.15) is 79.1 Å². The summed E-state index contributed by atoms with van der Waals surface area (Å²) in [5.41, 5.74) is 1.20. The van der Waals surface area contributed by atoms with Crippen LogP contribution in [0, 0.1) is 46.8 Å². The van der Waals surface area contributed by atoms with Gasteiger partial charge in [0.05, 0.1) is 5.71 Å². The van der Waals surface area contributed by atoms with Crippen molar-refractivity contribution < 1.29 is 24.6 Å². The molecule has 0 spiro atoms. The van der Waals surface area contributed by atoms with Crippen LogP contribution in [0.25, 0.3) is 0 Å². The minimum Gasteiger partial charge on any atom is -0.480 e. The van der Waals surface area contributed by atoms with Crippen LogP contribution in [0.15, 0.2) is 16.8 Å². The minimum atomic E-state index is -1.06. The molecular weight excluding hydrogens is 444 g/mol. The van der Waals surface area contributed by atoms with Gasteiger partial charge in [-0.05, 0) is 86.5 Å². The number of aliphatic carboxylic acids is 1. The molecule has 4 aliphatic carbocycles. The molecule has 0 aromatic heterocycles. The molecule has 1 amide bonds. The first-order valence-electron chi connectivity index (χ1n) is 13.1. The Balaban J connectivity index is 1.41. The number of allylic oxidation sites excluding steroid dienone is 2. The zero-order valence-electron chi connectivity index (χ0n) is 21.5. The Morgan fingerprint density at radius 2 is 1.91 bits per heavy atom. The first kappa shape index (κ1) is 25.8. The van der Waals surface area contributed by atoms with E-state index in [4.69, 9.17) is 11.3 Å². The maximum absolute atomic E-state index is 12.1. The summed E-state index contributed by atoms with van der Waals surface area (Å²) in [4.78, 5) is 28.7. The lowest BCUT2D eigenvalue weighted by Gasteiger charge is -2.58. The molecular formula is C28H40N2O5. The first-order chi connectivity index (χ1) is 16.4. The Kier molecular flexibility index (Phi) is 6.83. The van der Waals surface area contributed by atoms with Crippen LogP contribution in [0.3, 0.4) is 0 Å². The van der Waals surface area contributed by atoms with Gasteiger partial charge >= 0.3 is 5.97 Å². The number of fused-ring (bicyclic) bond motifs is 5. The average Bonchev–Trinajstić information content (AvgIpc) is 3.08. The zero-order chi connectivity index (χ0) is 25.6. The fraction of sp³-hybridized carbons (Fsp3) is 0.750. The van der Waals surface area contributed by atoms with Gasteiger partial charge in [0.1, 0.15) is 11.6 Å². The van der Waals surface area contributed by atoms with E-state index in [1.165, 1.54) is 5.57 Å². The number of amides is 1. The molecule has 7 heteroatoms. The van der Waals surface area contributed by atoms with E-state index in [1.807, 2.05) is 0 Å². The molecule has 7 nitrogen and oxygen atoms in total. The van der Waals surface area contributed by atoms with Gasteiger partial charge in [-0.2, -0.15) is 0 Å². The quantitative estimate of drug-likeness (QED) is 0.391. The fourth-order valence-corrected chi connectivity index (χ4v) is 7.80. The van der Waals surface area contributed by atoms with Crippen molar-refractivity contribution in [3.63, 3.8) is 0 Å². The van der Waals surface area contributed by atoms with Gasteiger partial charge in [-0.3, -0.25) is 4.79 Å². The number of oxime groups is 1. The van der Waals surface area contributed by atoms with Crippen LogP contribution in [0.4, 0.5) is 0 Å². The van der Waals surface area contributed by atoms with Gasteiger partial charge in [0.15, 0.2) is 6.61 Å². The summed E-state index contributed by atoms with van der Waals surface area (Å²) in [6.45, 7) is 7.80. The van der Waals surface area contributed by atoms with Crippen molar-refractivity contribution in [2.45, 2.75) is 90.7 Å². The van der Waals surface area contributed by atoms with Gasteiger partial charge in [0.2, 0.25) is 0 Å². The smallest absolute Gasteiger partial charge is 0.326 e. The van der Waals surface area contributed by atoms with Gasteiger partial charge in [-0.1, -0.05) is 44.3 Å². The van der Waals surface area contributed by atoms with E-state index in [-0.39, 0.29) is 23.4 Å². The van der Waals surface area contributed by atoms with Crippen molar-refractivity contribution in [2.75, 3.05) is 6.61 Å². The summed E-state index contributed by atoms with van der Waals surface area (Å²) in [6, 6.07) is -0.944. The third-order valence-corrected chi connectivity index (χ3v) is 9.99. The van der Waals surface area contributed by atoms with Gasteiger partial charge < -0.3 is 20.4 Å². The van der Waals surface area contributed by atoms with E-state index >= 15 is 0 Å². The molecule has 35 heavy (non-hydrogen) atoms. The highest BCUT2D eigenvalue weighted by atomic mass is 16.6. The normalized spacial score (nSPS) is 40.1. The van der Waals surface area contributed by atoms with Gasteiger partial charge in [-0.25, -0.2) is 4.79 Å². The number of hydrogen-bond donors (Lipinski definition) is 3.